The van der Waals surface area contributed by atoms with Crippen LogP contribution in [0, 0.1) is 0 Å². The minimum absolute atomic E-state index is 0.276. The van der Waals surface area contributed by atoms with E-state index in [4.69, 9.17) is 15.2 Å². The summed E-state index contributed by atoms with van der Waals surface area (Å²) in [6.07, 6.45) is 3.52. The summed E-state index contributed by atoms with van der Waals surface area (Å²) in [5.74, 6) is 1.51. The van der Waals surface area contributed by atoms with Crippen LogP contribution in [0.25, 0.3) is 0 Å². The first kappa shape index (κ1) is 10.9. The second-order valence-electron chi connectivity index (χ2n) is 4.23. The monoisotopic (exact) mass is 242 g/mol. The van der Waals surface area contributed by atoms with Crippen LogP contribution in [0.15, 0.2) is 36.5 Å². The van der Waals surface area contributed by atoms with E-state index in [1.165, 1.54) is 0 Å². The molecule has 18 heavy (non-hydrogen) atoms. The normalized spacial score (nSPS) is 12.7. The lowest BCUT2D eigenvalue weighted by atomic mass is 10.1. The molecule has 2 aromatic rings. The summed E-state index contributed by atoms with van der Waals surface area (Å²) < 4.78 is 10.6. The summed E-state index contributed by atoms with van der Waals surface area (Å²) in [6, 6.07) is 9.71. The zero-order valence-corrected chi connectivity index (χ0v) is 9.93. The van der Waals surface area contributed by atoms with Crippen LogP contribution in [0.3, 0.4) is 0 Å². The molecule has 1 aromatic heterocycles. The molecule has 0 unspecified atom stereocenters. The molecule has 0 aliphatic carbocycles. The maximum Gasteiger partial charge on any atom is 0.231 e. The predicted molar refractivity (Wildman–Crippen MR) is 68.6 cm³/mol. The fourth-order valence-electron chi connectivity index (χ4n) is 2.03. The van der Waals surface area contributed by atoms with Gasteiger partial charge in [-0.2, -0.15) is 0 Å². The Balaban J connectivity index is 1.77. The summed E-state index contributed by atoms with van der Waals surface area (Å²) in [7, 11) is 0. The standard InChI is InChI=1S/C14H14N2O2/c15-12-8-14-13(17-9-18-14)7-10(12)4-5-11-3-1-2-6-16-11/h1-3,6-8H,4-5,9,15H2. The number of nitrogen functional groups attached to an aromatic ring is 1. The lowest BCUT2D eigenvalue weighted by molar-refractivity contribution is 0.174. The highest BCUT2D eigenvalue weighted by Gasteiger charge is 2.15. The molecule has 1 aromatic carbocycles. The van der Waals surface area contributed by atoms with E-state index in [2.05, 4.69) is 4.98 Å². The number of ether oxygens (including phenoxy) is 2. The van der Waals surface area contributed by atoms with E-state index in [0.717, 1.165) is 41.3 Å². The molecule has 0 amide bonds. The van der Waals surface area contributed by atoms with Gasteiger partial charge in [0, 0.05) is 23.6 Å². The highest BCUT2D eigenvalue weighted by Crippen LogP contribution is 2.36. The van der Waals surface area contributed by atoms with Gasteiger partial charge in [0.1, 0.15) is 0 Å². The number of rotatable bonds is 3. The van der Waals surface area contributed by atoms with Gasteiger partial charge in [-0.25, -0.2) is 0 Å². The number of hydrogen-bond donors (Lipinski definition) is 1. The van der Waals surface area contributed by atoms with Crippen LogP contribution in [0.1, 0.15) is 11.3 Å². The van der Waals surface area contributed by atoms with Gasteiger partial charge >= 0.3 is 0 Å². The molecular formula is C14H14N2O2. The topological polar surface area (TPSA) is 57.4 Å². The van der Waals surface area contributed by atoms with Crippen molar-refractivity contribution < 1.29 is 9.47 Å². The molecule has 0 bridgehead atoms. The summed E-state index contributed by atoms with van der Waals surface area (Å²) >= 11 is 0. The molecule has 4 heteroatoms. The van der Waals surface area contributed by atoms with Crippen molar-refractivity contribution in [2.45, 2.75) is 12.8 Å². The minimum atomic E-state index is 0.276. The van der Waals surface area contributed by atoms with Crippen LogP contribution in [-0.2, 0) is 12.8 Å². The molecule has 0 atom stereocenters. The van der Waals surface area contributed by atoms with Crippen molar-refractivity contribution in [3.8, 4) is 11.5 Å². The van der Waals surface area contributed by atoms with Crippen LogP contribution in [0.5, 0.6) is 11.5 Å². The van der Waals surface area contributed by atoms with E-state index >= 15 is 0 Å². The molecule has 2 heterocycles. The van der Waals surface area contributed by atoms with Crippen molar-refractivity contribution in [1.29, 1.82) is 0 Å². The molecule has 0 radical (unpaired) electrons. The molecule has 3 rings (SSSR count). The van der Waals surface area contributed by atoms with E-state index < -0.39 is 0 Å². The third-order valence-electron chi connectivity index (χ3n) is 3.01. The Morgan fingerprint density at radius 2 is 1.94 bits per heavy atom. The fourth-order valence-corrected chi connectivity index (χ4v) is 2.03. The molecule has 2 N–H and O–H groups in total. The average molecular weight is 242 g/mol. The first-order valence-electron chi connectivity index (χ1n) is 5.91. The third-order valence-corrected chi connectivity index (χ3v) is 3.01. The molecule has 0 saturated heterocycles. The number of aromatic nitrogens is 1. The number of hydrogen-bond acceptors (Lipinski definition) is 4. The molecular weight excluding hydrogens is 228 g/mol. The van der Waals surface area contributed by atoms with Gasteiger partial charge in [-0.1, -0.05) is 6.07 Å². The minimum Gasteiger partial charge on any atom is -0.454 e. The number of fused-ring (bicyclic) bond motifs is 1. The second-order valence-corrected chi connectivity index (χ2v) is 4.23. The third kappa shape index (κ3) is 2.09. The zero-order valence-electron chi connectivity index (χ0n) is 9.93. The van der Waals surface area contributed by atoms with E-state index in [-0.39, 0.29) is 6.79 Å². The Hall–Kier alpha value is -2.23. The van der Waals surface area contributed by atoms with E-state index in [1.54, 1.807) is 6.20 Å². The number of anilines is 1. The highest BCUT2D eigenvalue weighted by atomic mass is 16.7. The first-order valence-corrected chi connectivity index (χ1v) is 5.91. The Labute approximate surface area is 105 Å². The summed E-state index contributed by atoms with van der Waals surface area (Å²) in [4.78, 5) is 4.30. The number of benzene rings is 1. The van der Waals surface area contributed by atoms with Gasteiger partial charge in [-0.15, -0.1) is 0 Å². The quantitative estimate of drug-likeness (QED) is 0.838. The lowest BCUT2D eigenvalue weighted by Gasteiger charge is -2.07. The largest absolute Gasteiger partial charge is 0.454 e. The zero-order chi connectivity index (χ0) is 12.4. The molecule has 1 aliphatic rings. The van der Waals surface area contributed by atoms with Crippen LogP contribution in [0.4, 0.5) is 5.69 Å². The average Bonchev–Trinajstić information content (AvgIpc) is 2.84. The Bertz CT molecular complexity index is 555. The van der Waals surface area contributed by atoms with Crippen molar-refractivity contribution in [2.75, 3.05) is 12.5 Å². The Morgan fingerprint density at radius 3 is 2.72 bits per heavy atom. The van der Waals surface area contributed by atoms with Crippen LogP contribution in [-0.4, -0.2) is 11.8 Å². The first-order chi connectivity index (χ1) is 8.83. The van der Waals surface area contributed by atoms with Gasteiger partial charge in [-0.05, 0) is 36.6 Å². The summed E-state index contributed by atoms with van der Waals surface area (Å²) in [5, 5.41) is 0. The van der Waals surface area contributed by atoms with E-state index in [1.807, 2.05) is 30.3 Å². The maximum absolute atomic E-state index is 6.00. The smallest absolute Gasteiger partial charge is 0.231 e. The SMILES string of the molecule is Nc1cc2c(cc1CCc1ccccn1)OCO2. The van der Waals surface area contributed by atoms with Crippen molar-refractivity contribution >= 4 is 5.69 Å². The fraction of sp³-hybridized carbons (Fsp3) is 0.214. The number of nitrogens with zero attached hydrogens (tertiary/aromatic N) is 1. The van der Waals surface area contributed by atoms with Gasteiger partial charge in [0.05, 0.1) is 0 Å². The van der Waals surface area contributed by atoms with Gasteiger partial charge in [-0.3, -0.25) is 4.98 Å². The van der Waals surface area contributed by atoms with Gasteiger partial charge in [0.15, 0.2) is 11.5 Å². The molecule has 0 saturated carbocycles. The van der Waals surface area contributed by atoms with E-state index in [0.29, 0.717) is 0 Å². The molecule has 4 nitrogen and oxygen atoms in total. The van der Waals surface area contributed by atoms with E-state index in [9.17, 15) is 0 Å². The molecule has 0 spiro atoms. The maximum atomic E-state index is 6.00. The highest BCUT2D eigenvalue weighted by molar-refractivity contribution is 5.58. The number of nitrogens with two attached hydrogens (primary N) is 1. The van der Waals surface area contributed by atoms with Gasteiger partial charge in [0.25, 0.3) is 0 Å². The Morgan fingerprint density at radius 1 is 1.11 bits per heavy atom. The second kappa shape index (κ2) is 4.56. The van der Waals surface area contributed by atoms with Crippen molar-refractivity contribution in [1.82, 2.24) is 4.98 Å². The van der Waals surface area contributed by atoms with Crippen molar-refractivity contribution in [2.24, 2.45) is 0 Å². The van der Waals surface area contributed by atoms with Crippen molar-refractivity contribution in [3.63, 3.8) is 0 Å². The molecule has 0 fully saturated rings. The van der Waals surface area contributed by atoms with Crippen LogP contribution < -0.4 is 15.2 Å². The van der Waals surface area contributed by atoms with Crippen LogP contribution >= 0.6 is 0 Å². The van der Waals surface area contributed by atoms with Crippen LogP contribution in [0.2, 0.25) is 0 Å². The summed E-state index contributed by atoms with van der Waals surface area (Å²) in [6.45, 7) is 0.276. The number of aryl methyl sites for hydroxylation is 2. The predicted octanol–water partition coefficient (Wildman–Crippen LogP) is 2.18. The molecule has 92 valence electrons. The van der Waals surface area contributed by atoms with Gasteiger partial charge < -0.3 is 15.2 Å². The van der Waals surface area contributed by atoms with Gasteiger partial charge in [0.2, 0.25) is 6.79 Å². The Kier molecular flexibility index (Phi) is 2.76. The molecule has 1 aliphatic heterocycles. The summed E-state index contributed by atoms with van der Waals surface area (Å²) in [5.41, 5.74) is 8.89. The number of pyridine rings is 1. The lowest BCUT2D eigenvalue weighted by Crippen LogP contribution is -1.98. The van der Waals surface area contributed by atoms with Crippen molar-refractivity contribution in [3.05, 3.63) is 47.8 Å².